The Kier molecular flexibility index (Phi) is 10.9. The van der Waals surface area contributed by atoms with Crippen molar-refractivity contribution < 1.29 is 38.1 Å². The number of benzene rings is 5. The van der Waals surface area contributed by atoms with Crippen LogP contribution in [0, 0.1) is 0 Å². The van der Waals surface area contributed by atoms with E-state index in [1.54, 1.807) is 6.07 Å². The van der Waals surface area contributed by atoms with Crippen molar-refractivity contribution in [3.05, 3.63) is 160 Å². The molecule has 2 heterocycles. The van der Waals surface area contributed by atoms with Crippen LogP contribution >= 0.6 is 0 Å². The van der Waals surface area contributed by atoms with Gasteiger partial charge in [-0.05, 0) is 95.5 Å². The van der Waals surface area contributed by atoms with Gasteiger partial charge >= 0.3 is 0 Å². The molecule has 8 rings (SSSR count). The fourth-order valence-corrected chi connectivity index (χ4v) is 7.95. The lowest BCUT2D eigenvalue weighted by molar-refractivity contribution is -0.136. The summed E-state index contributed by atoms with van der Waals surface area (Å²) in [6, 6.07) is 39.5. The lowest BCUT2D eigenvalue weighted by Gasteiger charge is -2.35. The molecule has 1 fully saturated rings. The second kappa shape index (κ2) is 16.6. The van der Waals surface area contributed by atoms with Gasteiger partial charge < -0.3 is 18.9 Å². The normalized spacial score (nSPS) is 18.9. The Hall–Kier alpha value is -6.26. The number of amides is 4. The van der Waals surface area contributed by atoms with Crippen LogP contribution in [0.3, 0.4) is 0 Å². The molecule has 1 aliphatic carbocycles. The standard InChI is InChI=1S/C46H42N2O8/c49-42-22-21-41(44(50)47-42)48-45(51)39-20-17-36(28-40(39)46(48)52)55-26-24-53-23-25-54-34-14-11-32(12-15-34)43-37(31-9-5-2-6-10-31)18-13-33-27-35(16-19-38(33)43)56-29-30-7-3-1-4-8-30/h1-12,14-17,19-20,27-28,37,41,43H,13,18,21-26,29H2,(H,47,49,50)/t37-,41?,43+/m1/s1. The molecule has 10 nitrogen and oxygen atoms in total. The monoisotopic (exact) mass is 750 g/mol. The Morgan fingerprint density at radius 1 is 0.589 bits per heavy atom. The maximum Gasteiger partial charge on any atom is 0.262 e. The van der Waals surface area contributed by atoms with E-state index >= 15 is 0 Å². The van der Waals surface area contributed by atoms with Crippen LogP contribution in [0.4, 0.5) is 0 Å². The Labute approximate surface area is 325 Å². The summed E-state index contributed by atoms with van der Waals surface area (Å²) in [5, 5.41) is 2.20. The van der Waals surface area contributed by atoms with E-state index in [9.17, 15) is 19.2 Å². The Balaban J connectivity index is 0.832. The van der Waals surface area contributed by atoms with Crippen molar-refractivity contribution in [3.63, 3.8) is 0 Å². The summed E-state index contributed by atoms with van der Waals surface area (Å²) < 4.78 is 23.7. The molecule has 1 unspecified atom stereocenters. The molecule has 2 aliphatic heterocycles. The van der Waals surface area contributed by atoms with Gasteiger partial charge in [-0.25, -0.2) is 0 Å². The molecular formula is C46H42N2O8. The molecular weight excluding hydrogens is 709 g/mol. The van der Waals surface area contributed by atoms with E-state index in [2.05, 4.69) is 78.1 Å². The van der Waals surface area contributed by atoms with E-state index in [0.29, 0.717) is 31.5 Å². The topological polar surface area (TPSA) is 120 Å². The van der Waals surface area contributed by atoms with E-state index in [-0.39, 0.29) is 43.1 Å². The molecule has 0 radical (unpaired) electrons. The zero-order valence-corrected chi connectivity index (χ0v) is 30.9. The molecule has 3 aliphatic rings. The van der Waals surface area contributed by atoms with E-state index in [0.717, 1.165) is 34.8 Å². The Morgan fingerprint density at radius 2 is 1.25 bits per heavy atom. The van der Waals surface area contributed by atoms with Gasteiger partial charge in [-0.15, -0.1) is 0 Å². The number of aryl methyl sites for hydroxylation is 1. The molecule has 0 bridgehead atoms. The van der Waals surface area contributed by atoms with Crippen LogP contribution in [0.15, 0.2) is 121 Å². The van der Waals surface area contributed by atoms with Crippen LogP contribution < -0.4 is 19.5 Å². The summed E-state index contributed by atoms with van der Waals surface area (Å²) >= 11 is 0. The average Bonchev–Trinajstić information content (AvgIpc) is 3.47. The number of fused-ring (bicyclic) bond motifs is 2. The Bertz CT molecular complexity index is 2220. The van der Waals surface area contributed by atoms with Crippen molar-refractivity contribution in [2.24, 2.45) is 0 Å². The summed E-state index contributed by atoms with van der Waals surface area (Å²) in [7, 11) is 0. The first-order valence-electron chi connectivity index (χ1n) is 19.1. The van der Waals surface area contributed by atoms with Crippen molar-refractivity contribution in [3.8, 4) is 17.2 Å². The number of piperidine rings is 1. The number of hydrogen-bond acceptors (Lipinski definition) is 8. The predicted octanol–water partition coefficient (Wildman–Crippen LogP) is 7.00. The first kappa shape index (κ1) is 36.7. The molecule has 56 heavy (non-hydrogen) atoms. The lowest BCUT2D eigenvalue weighted by Crippen LogP contribution is -2.54. The van der Waals surface area contributed by atoms with Crippen molar-refractivity contribution in [2.45, 2.75) is 50.2 Å². The number of ether oxygens (including phenoxy) is 4. The second-order valence-corrected chi connectivity index (χ2v) is 14.2. The number of nitrogens with zero attached hydrogens (tertiary/aromatic N) is 1. The highest BCUT2D eigenvalue weighted by Gasteiger charge is 2.44. The Morgan fingerprint density at radius 3 is 2.00 bits per heavy atom. The van der Waals surface area contributed by atoms with Crippen LogP contribution in [-0.2, 0) is 27.4 Å². The number of rotatable bonds is 14. The molecule has 1 saturated heterocycles. The second-order valence-electron chi connectivity index (χ2n) is 14.2. The minimum atomic E-state index is -1.01. The van der Waals surface area contributed by atoms with Gasteiger partial charge in [0.05, 0.1) is 24.3 Å². The van der Waals surface area contributed by atoms with Gasteiger partial charge in [0, 0.05) is 12.3 Å². The zero-order valence-electron chi connectivity index (χ0n) is 30.9. The molecule has 4 amide bonds. The molecule has 0 saturated carbocycles. The summed E-state index contributed by atoms with van der Waals surface area (Å²) in [4.78, 5) is 50.8. The lowest BCUT2D eigenvalue weighted by atomic mass is 9.69. The molecule has 1 N–H and O–H groups in total. The van der Waals surface area contributed by atoms with Crippen LogP contribution in [0.2, 0.25) is 0 Å². The third-order valence-electron chi connectivity index (χ3n) is 10.7. The zero-order chi connectivity index (χ0) is 38.4. The summed E-state index contributed by atoms with van der Waals surface area (Å²) in [6.45, 7) is 1.75. The maximum atomic E-state index is 13.1. The van der Waals surface area contributed by atoms with Crippen LogP contribution in [0.1, 0.15) is 79.6 Å². The van der Waals surface area contributed by atoms with Crippen molar-refractivity contribution in [1.82, 2.24) is 10.2 Å². The van der Waals surface area contributed by atoms with Crippen LogP contribution in [0.25, 0.3) is 0 Å². The number of nitrogens with one attached hydrogen (secondary N) is 1. The minimum Gasteiger partial charge on any atom is -0.491 e. The third kappa shape index (κ3) is 7.92. The van der Waals surface area contributed by atoms with E-state index in [1.807, 2.05) is 30.3 Å². The minimum absolute atomic E-state index is 0.0645. The van der Waals surface area contributed by atoms with Gasteiger partial charge in [0.15, 0.2) is 0 Å². The fraction of sp³-hybridized carbons (Fsp3) is 0.261. The maximum absolute atomic E-state index is 13.1. The largest absolute Gasteiger partial charge is 0.491 e. The molecule has 0 aromatic heterocycles. The summed E-state index contributed by atoms with van der Waals surface area (Å²) in [6.07, 6.45) is 2.19. The van der Waals surface area contributed by atoms with Crippen LogP contribution in [-0.4, -0.2) is 61.0 Å². The van der Waals surface area contributed by atoms with Crippen molar-refractivity contribution in [2.75, 3.05) is 26.4 Å². The van der Waals surface area contributed by atoms with Gasteiger partial charge in [-0.2, -0.15) is 0 Å². The highest BCUT2D eigenvalue weighted by atomic mass is 16.5. The summed E-state index contributed by atoms with van der Waals surface area (Å²) in [5.74, 6) is 0.387. The quantitative estimate of drug-likeness (QED) is 0.0952. The average molecular weight is 751 g/mol. The van der Waals surface area contributed by atoms with Gasteiger partial charge in [0.25, 0.3) is 11.8 Å². The molecule has 10 heteroatoms. The molecule has 5 aromatic carbocycles. The van der Waals surface area contributed by atoms with Crippen LogP contribution in [0.5, 0.6) is 17.2 Å². The van der Waals surface area contributed by atoms with Crippen molar-refractivity contribution >= 4 is 23.6 Å². The van der Waals surface area contributed by atoms with Gasteiger partial charge in [-0.1, -0.05) is 78.9 Å². The summed E-state index contributed by atoms with van der Waals surface area (Å²) in [5.41, 5.74) is 6.74. The number of imide groups is 2. The fourth-order valence-electron chi connectivity index (χ4n) is 7.95. The number of hydrogen-bond donors (Lipinski definition) is 1. The van der Waals surface area contributed by atoms with E-state index in [1.165, 1.54) is 34.4 Å². The predicted molar refractivity (Wildman–Crippen MR) is 208 cm³/mol. The smallest absolute Gasteiger partial charge is 0.262 e. The molecule has 0 spiro atoms. The molecule has 3 atom stereocenters. The highest BCUT2D eigenvalue weighted by Crippen LogP contribution is 2.47. The first-order valence-corrected chi connectivity index (χ1v) is 19.1. The molecule has 5 aromatic rings. The molecule has 284 valence electrons. The van der Waals surface area contributed by atoms with E-state index in [4.69, 9.17) is 18.9 Å². The number of carbonyl (C=O) groups is 4. The van der Waals surface area contributed by atoms with Gasteiger partial charge in [0.2, 0.25) is 11.8 Å². The van der Waals surface area contributed by atoms with Gasteiger partial charge in [-0.3, -0.25) is 29.4 Å². The third-order valence-corrected chi connectivity index (χ3v) is 10.7. The van der Waals surface area contributed by atoms with Crippen molar-refractivity contribution in [1.29, 1.82) is 0 Å². The highest BCUT2D eigenvalue weighted by molar-refractivity contribution is 6.23. The van der Waals surface area contributed by atoms with E-state index < -0.39 is 29.7 Å². The number of carbonyl (C=O) groups excluding carboxylic acids is 4. The first-order chi connectivity index (χ1) is 27.4. The SMILES string of the molecule is O=C1CCC(N2C(=O)c3ccc(OCCOCCOc4ccc([C@@H]5c6ccc(OCc7ccccc7)cc6CC[C@@H]5c5ccccc5)cc4)cc3C2=O)C(=O)N1. The van der Waals surface area contributed by atoms with Gasteiger partial charge in [0.1, 0.15) is 43.1 Å².